The van der Waals surface area contributed by atoms with E-state index < -0.39 is 6.04 Å². The van der Waals surface area contributed by atoms with Gasteiger partial charge in [0.2, 0.25) is 0 Å². The third kappa shape index (κ3) is 3.58. The Balaban J connectivity index is 0.00000196. The van der Waals surface area contributed by atoms with E-state index in [4.69, 9.17) is 15.6 Å². The minimum absolute atomic E-state index is 0. The lowest BCUT2D eigenvalue weighted by Gasteiger charge is -2.11. The zero-order chi connectivity index (χ0) is 10.6. The van der Waals surface area contributed by atoms with Gasteiger partial charge in [0.05, 0.1) is 19.3 Å². The molecule has 1 aromatic carbocycles. The van der Waals surface area contributed by atoms with E-state index in [0.717, 1.165) is 5.56 Å². The molecule has 0 aliphatic rings. The Morgan fingerprint density at radius 1 is 1.47 bits per heavy atom. The lowest BCUT2D eigenvalue weighted by atomic mass is 10.1. The van der Waals surface area contributed by atoms with E-state index in [1.807, 2.05) is 6.92 Å². The number of hydrogen-bond donors (Lipinski definition) is 3. The molecule has 0 unspecified atom stereocenters. The van der Waals surface area contributed by atoms with Gasteiger partial charge in [-0.2, -0.15) is 0 Å². The van der Waals surface area contributed by atoms with Crippen molar-refractivity contribution >= 4 is 12.4 Å². The topological polar surface area (TPSA) is 75.7 Å². The van der Waals surface area contributed by atoms with E-state index in [-0.39, 0.29) is 24.8 Å². The van der Waals surface area contributed by atoms with E-state index in [2.05, 4.69) is 0 Å². The van der Waals surface area contributed by atoms with Gasteiger partial charge in [0, 0.05) is 0 Å². The summed E-state index contributed by atoms with van der Waals surface area (Å²) in [6.45, 7) is 2.18. The van der Waals surface area contributed by atoms with Gasteiger partial charge in [0.15, 0.2) is 11.5 Å². The molecule has 0 amide bonds. The molecule has 1 aromatic rings. The fourth-order valence-electron chi connectivity index (χ4n) is 1.14. The lowest BCUT2D eigenvalue weighted by Crippen LogP contribution is -2.14. The maximum absolute atomic E-state index is 9.39. The number of phenolic OH excluding ortho intramolecular Hbond substituents is 1. The number of rotatable bonds is 4. The monoisotopic (exact) mass is 233 g/mol. The van der Waals surface area contributed by atoms with Crippen molar-refractivity contribution in [2.24, 2.45) is 5.73 Å². The number of aliphatic hydroxyl groups excluding tert-OH is 1. The number of nitrogens with two attached hydrogens (primary N) is 1. The zero-order valence-corrected chi connectivity index (χ0v) is 9.33. The Hall–Kier alpha value is -0.970. The number of phenols is 1. The van der Waals surface area contributed by atoms with E-state index in [9.17, 15) is 5.11 Å². The summed E-state index contributed by atoms with van der Waals surface area (Å²) >= 11 is 0. The molecule has 5 heteroatoms. The molecule has 0 fully saturated rings. The van der Waals surface area contributed by atoms with E-state index in [1.165, 1.54) is 6.07 Å². The van der Waals surface area contributed by atoms with Crippen LogP contribution < -0.4 is 10.5 Å². The molecule has 0 bridgehead atoms. The van der Waals surface area contributed by atoms with Crippen LogP contribution in [-0.4, -0.2) is 23.4 Å². The number of benzene rings is 1. The Kier molecular flexibility index (Phi) is 6.08. The average molecular weight is 234 g/mol. The van der Waals surface area contributed by atoms with Gasteiger partial charge in [-0.25, -0.2) is 0 Å². The van der Waals surface area contributed by atoms with Gasteiger partial charge >= 0.3 is 0 Å². The Morgan fingerprint density at radius 3 is 2.67 bits per heavy atom. The van der Waals surface area contributed by atoms with Crippen molar-refractivity contribution in [2.75, 3.05) is 13.2 Å². The predicted molar refractivity (Wildman–Crippen MR) is 60.5 cm³/mol. The smallest absolute Gasteiger partial charge is 0.161 e. The largest absolute Gasteiger partial charge is 0.504 e. The van der Waals surface area contributed by atoms with Gasteiger partial charge in [-0.15, -0.1) is 12.4 Å². The molecule has 1 rings (SSSR count). The van der Waals surface area contributed by atoms with Crippen molar-refractivity contribution < 1.29 is 14.9 Å². The molecule has 0 radical (unpaired) electrons. The summed E-state index contributed by atoms with van der Waals surface area (Å²) in [6, 6.07) is 4.38. The van der Waals surface area contributed by atoms with Crippen molar-refractivity contribution in [1.82, 2.24) is 0 Å². The third-order valence-electron chi connectivity index (χ3n) is 1.91. The molecule has 0 aliphatic carbocycles. The maximum atomic E-state index is 9.39. The lowest BCUT2D eigenvalue weighted by molar-refractivity contribution is 0.267. The van der Waals surface area contributed by atoms with Crippen LogP contribution >= 0.6 is 12.4 Å². The fraction of sp³-hybridized carbons (Fsp3) is 0.400. The molecule has 4 nitrogen and oxygen atoms in total. The van der Waals surface area contributed by atoms with Crippen LogP contribution in [0.5, 0.6) is 11.5 Å². The summed E-state index contributed by atoms with van der Waals surface area (Å²) in [5, 5.41) is 18.2. The van der Waals surface area contributed by atoms with Gasteiger partial charge < -0.3 is 20.7 Å². The van der Waals surface area contributed by atoms with Crippen molar-refractivity contribution in [3.8, 4) is 11.5 Å². The fourth-order valence-corrected chi connectivity index (χ4v) is 1.14. The summed E-state index contributed by atoms with van der Waals surface area (Å²) in [4.78, 5) is 0. The Labute approximate surface area is 95.1 Å². The van der Waals surface area contributed by atoms with Crippen molar-refractivity contribution in [2.45, 2.75) is 13.0 Å². The van der Waals surface area contributed by atoms with Crippen LogP contribution in [0.25, 0.3) is 0 Å². The van der Waals surface area contributed by atoms with Crippen LogP contribution in [0.4, 0.5) is 0 Å². The molecule has 1 atom stereocenters. The molecule has 0 aromatic heterocycles. The first-order valence-corrected chi connectivity index (χ1v) is 4.51. The first-order chi connectivity index (χ1) is 6.69. The SMILES string of the molecule is CCOc1cc([C@H](N)CO)ccc1O.Cl. The normalized spacial score (nSPS) is 11.7. The van der Waals surface area contributed by atoms with E-state index in [0.29, 0.717) is 12.4 Å². The van der Waals surface area contributed by atoms with Crippen molar-refractivity contribution in [1.29, 1.82) is 0 Å². The Morgan fingerprint density at radius 2 is 2.13 bits per heavy atom. The second-order valence-electron chi connectivity index (χ2n) is 2.95. The van der Waals surface area contributed by atoms with Gasteiger partial charge in [-0.1, -0.05) is 6.07 Å². The number of halogens is 1. The van der Waals surface area contributed by atoms with Crippen LogP contribution in [0.2, 0.25) is 0 Å². The van der Waals surface area contributed by atoms with Crippen LogP contribution in [0.3, 0.4) is 0 Å². The summed E-state index contributed by atoms with van der Waals surface area (Å²) < 4.78 is 5.18. The molecule has 4 N–H and O–H groups in total. The number of ether oxygens (including phenoxy) is 1. The molecule has 0 heterocycles. The Bertz CT molecular complexity index is 307. The second-order valence-corrected chi connectivity index (χ2v) is 2.95. The van der Waals surface area contributed by atoms with Crippen molar-refractivity contribution in [3.05, 3.63) is 23.8 Å². The highest BCUT2D eigenvalue weighted by molar-refractivity contribution is 5.85. The quantitative estimate of drug-likeness (QED) is 0.731. The maximum Gasteiger partial charge on any atom is 0.161 e. The first kappa shape index (κ1) is 14.0. The standard InChI is InChI=1S/C10H15NO3.ClH/c1-2-14-10-5-7(8(11)6-12)3-4-9(10)13;/h3-5,8,12-13H,2,6,11H2,1H3;1H/t8-;/m1./s1. The molecule has 15 heavy (non-hydrogen) atoms. The van der Waals surface area contributed by atoms with Gasteiger partial charge in [-0.3, -0.25) is 0 Å². The molecular formula is C10H16ClNO3. The number of hydrogen-bond acceptors (Lipinski definition) is 4. The van der Waals surface area contributed by atoms with Crippen LogP contribution in [0.1, 0.15) is 18.5 Å². The molecule has 0 saturated carbocycles. The van der Waals surface area contributed by atoms with Crippen LogP contribution in [-0.2, 0) is 0 Å². The average Bonchev–Trinajstić information content (AvgIpc) is 2.20. The van der Waals surface area contributed by atoms with Crippen LogP contribution in [0.15, 0.2) is 18.2 Å². The highest BCUT2D eigenvalue weighted by atomic mass is 35.5. The van der Waals surface area contributed by atoms with Crippen LogP contribution in [0, 0.1) is 0 Å². The third-order valence-corrected chi connectivity index (χ3v) is 1.91. The van der Waals surface area contributed by atoms with Gasteiger partial charge in [0.1, 0.15) is 0 Å². The van der Waals surface area contributed by atoms with E-state index in [1.54, 1.807) is 12.1 Å². The number of aromatic hydroxyl groups is 1. The second kappa shape index (κ2) is 6.50. The highest BCUT2D eigenvalue weighted by Gasteiger charge is 2.08. The molecular weight excluding hydrogens is 218 g/mol. The molecule has 0 spiro atoms. The number of aliphatic hydroxyl groups is 1. The molecule has 0 aliphatic heterocycles. The zero-order valence-electron chi connectivity index (χ0n) is 8.51. The van der Waals surface area contributed by atoms with E-state index >= 15 is 0 Å². The first-order valence-electron chi connectivity index (χ1n) is 4.51. The minimum atomic E-state index is -0.435. The summed E-state index contributed by atoms with van der Waals surface area (Å²) in [5.41, 5.74) is 6.37. The van der Waals surface area contributed by atoms with Crippen molar-refractivity contribution in [3.63, 3.8) is 0 Å². The summed E-state index contributed by atoms with van der Waals surface area (Å²) in [7, 11) is 0. The summed E-state index contributed by atoms with van der Waals surface area (Å²) in [6.07, 6.45) is 0. The summed E-state index contributed by atoms with van der Waals surface area (Å²) in [5.74, 6) is 0.481. The van der Waals surface area contributed by atoms with Gasteiger partial charge in [0.25, 0.3) is 0 Å². The molecule has 0 saturated heterocycles. The minimum Gasteiger partial charge on any atom is -0.504 e. The predicted octanol–water partition coefficient (Wildman–Crippen LogP) is 1.20. The highest BCUT2D eigenvalue weighted by Crippen LogP contribution is 2.28. The van der Waals surface area contributed by atoms with Gasteiger partial charge in [-0.05, 0) is 24.6 Å². The molecule has 86 valence electrons.